The highest BCUT2D eigenvalue weighted by molar-refractivity contribution is 9.10. The van der Waals surface area contributed by atoms with E-state index in [9.17, 15) is 4.79 Å². The van der Waals surface area contributed by atoms with Crippen molar-refractivity contribution in [2.75, 3.05) is 0 Å². The number of benzene rings is 1. The Kier molecular flexibility index (Phi) is 3.80. The fraction of sp³-hybridized carbons (Fsp3) is 0.294. The summed E-state index contributed by atoms with van der Waals surface area (Å²) < 4.78 is 0.985. The molecule has 0 unspecified atom stereocenters. The predicted molar refractivity (Wildman–Crippen MR) is 91.2 cm³/mol. The minimum absolute atomic E-state index is 0.306. The molecule has 0 bridgehead atoms. The lowest BCUT2D eigenvalue weighted by Crippen LogP contribution is -2.40. The molecule has 122 valence electrons. The number of carbonyl (C=O) groups excluding carboxylic acids is 1. The fourth-order valence-corrected chi connectivity index (χ4v) is 3.59. The first kappa shape index (κ1) is 15.3. The first-order valence-corrected chi connectivity index (χ1v) is 8.64. The van der Waals surface area contributed by atoms with Crippen molar-refractivity contribution >= 4 is 33.1 Å². The van der Waals surface area contributed by atoms with Crippen LogP contribution in [0.1, 0.15) is 31.2 Å². The Morgan fingerprint density at radius 1 is 1.17 bits per heavy atom. The van der Waals surface area contributed by atoms with Crippen molar-refractivity contribution in [1.29, 1.82) is 0 Å². The van der Waals surface area contributed by atoms with Gasteiger partial charge >= 0.3 is 5.97 Å². The van der Waals surface area contributed by atoms with Crippen molar-refractivity contribution in [2.24, 2.45) is 0 Å². The summed E-state index contributed by atoms with van der Waals surface area (Å²) in [5.41, 5.74) is 1.38. The molecule has 7 heteroatoms. The van der Waals surface area contributed by atoms with Crippen molar-refractivity contribution in [1.82, 2.24) is 20.1 Å². The smallest absolute Gasteiger partial charge is 0.315 e. The highest BCUT2D eigenvalue weighted by Gasteiger charge is 2.45. The topological polar surface area (TPSA) is 69.9 Å². The molecule has 4 rings (SSSR count). The summed E-state index contributed by atoms with van der Waals surface area (Å²) in [5, 5.41) is 7.87. The molecule has 1 saturated carbocycles. The molecule has 0 atom stereocenters. The molecule has 0 amide bonds. The Bertz CT molecular complexity index is 885. The van der Waals surface area contributed by atoms with E-state index in [0.29, 0.717) is 11.2 Å². The molecule has 1 aliphatic rings. The van der Waals surface area contributed by atoms with E-state index in [4.69, 9.17) is 4.84 Å². The molecular formula is C17H15BrN4O2. The quantitative estimate of drug-likeness (QED) is 0.646. The summed E-state index contributed by atoms with van der Waals surface area (Å²) in [6, 6.07) is 11.4. The van der Waals surface area contributed by atoms with Gasteiger partial charge in [-0.1, -0.05) is 40.9 Å². The molecule has 24 heavy (non-hydrogen) atoms. The van der Waals surface area contributed by atoms with Gasteiger partial charge in [0.2, 0.25) is 5.65 Å². The van der Waals surface area contributed by atoms with Gasteiger partial charge in [0, 0.05) is 10.7 Å². The van der Waals surface area contributed by atoms with E-state index in [0.717, 1.165) is 40.6 Å². The number of hydrogen-bond acceptors (Lipinski definition) is 5. The third-order valence-electron chi connectivity index (χ3n) is 4.59. The Labute approximate surface area is 146 Å². The molecule has 2 aromatic heterocycles. The summed E-state index contributed by atoms with van der Waals surface area (Å²) >= 11 is 3.44. The fourth-order valence-electron chi connectivity index (χ4n) is 3.33. The average Bonchev–Trinajstić information content (AvgIpc) is 3.24. The van der Waals surface area contributed by atoms with Gasteiger partial charge in [-0.15, -0.1) is 5.10 Å². The molecule has 1 aliphatic carbocycles. The zero-order valence-corrected chi connectivity index (χ0v) is 14.4. The first-order valence-electron chi connectivity index (χ1n) is 7.84. The van der Waals surface area contributed by atoms with Crippen molar-refractivity contribution < 1.29 is 9.63 Å². The molecule has 0 aliphatic heterocycles. The highest BCUT2D eigenvalue weighted by atomic mass is 79.9. The van der Waals surface area contributed by atoms with E-state index in [1.165, 1.54) is 0 Å². The van der Waals surface area contributed by atoms with Crippen LogP contribution >= 0.6 is 15.9 Å². The Morgan fingerprint density at radius 2 is 1.92 bits per heavy atom. The van der Waals surface area contributed by atoms with Crippen LogP contribution in [0.25, 0.3) is 11.2 Å². The Hall–Kier alpha value is -2.28. The van der Waals surface area contributed by atoms with Gasteiger partial charge in [0.25, 0.3) is 0 Å². The summed E-state index contributed by atoms with van der Waals surface area (Å²) in [6.07, 6.45) is 5.17. The summed E-state index contributed by atoms with van der Waals surface area (Å²) in [5.74, 6) is -0.306. The van der Waals surface area contributed by atoms with Gasteiger partial charge in [-0.3, -0.25) is 0 Å². The number of nitrogens with zero attached hydrogens (tertiary/aromatic N) is 4. The van der Waals surface area contributed by atoms with Gasteiger partial charge in [-0.2, -0.15) is 0 Å². The van der Waals surface area contributed by atoms with Crippen LogP contribution in [0, 0.1) is 0 Å². The minimum atomic E-state index is -0.631. The zero-order valence-electron chi connectivity index (χ0n) is 12.9. The predicted octanol–water partition coefficient (Wildman–Crippen LogP) is 3.06. The maximum Gasteiger partial charge on any atom is 0.345 e. The molecule has 0 N–H and O–H groups in total. The lowest BCUT2D eigenvalue weighted by Gasteiger charge is -2.26. The monoisotopic (exact) mass is 386 g/mol. The molecule has 0 radical (unpaired) electrons. The van der Waals surface area contributed by atoms with Crippen molar-refractivity contribution in [3.63, 3.8) is 0 Å². The Balaban J connectivity index is 1.69. The van der Waals surface area contributed by atoms with Gasteiger partial charge in [0.1, 0.15) is 5.52 Å². The second-order valence-corrected chi connectivity index (χ2v) is 6.90. The molecule has 1 fully saturated rings. The van der Waals surface area contributed by atoms with Crippen LogP contribution in [0.15, 0.2) is 47.1 Å². The lowest BCUT2D eigenvalue weighted by atomic mass is 9.79. The van der Waals surface area contributed by atoms with Gasteiger partial charge in [-0.25, -0.2) is 9.78 Å². The van der Waals surface area contributed by atoms with E-state index in [1.54, 1.807) is 18.3 Å². The summed E-state index contributed by atoms with van der Waals surface area (Å²) in [7, 11) is 0. The Morgan fingerprint density at radius 3 is 2.67 bits per heavy atom. The number of carbonyl (C=O) groups is 1. The standard InChI is InChI=1S/C17H15BrN4O2/c18-13-7-5-12(6-8-13)17(9-1-2-10-17)16(23)24-22-15-14(20-21-22)4-3-11-19-15/h3-8,11H,1-2,9-10H2. The molecule has 3 aromatic rings. The average molecular weight is 387 g/mol. The van der Waals surface area contributed by atoms with Crippen LogP contribution in [-0.2, 0) is 10.2 Å². The molecule has 0 saturated heterocycles. The lowest BCUT2D eigenvalue weighted by molar-refractivity contribution is -0.152. The second-order valence-electron chi connectivity index (χ2n) is 5.98. The second kappa shape index (κ2) is 5.98. The first-order chi connectivity index (χ1) is 11.7. The minimum Gasteiger partial charge on any atom is -0.315 e. The van der Waals surface area contributed by atoms with E-state index in [-0.39, 0.29) is 5.97 Å². The van der Waals surface area contributed by atoms with Crippen molar-refractivity contribution in [3.05, 3.63) is 52.6 Å². The SMILES string of the molecule is O=C(On1nnc2cccnc21)C1(c2ccc(Br)cc2)CCCC1. The molecule has 6 nitrogen and oxygen atoms in total. The normalized spacial score (nSPS) is 16.4. The summed E-state index contributed by atoms with van der Waals surface area (Å²) in [4.78, 5) is 23.9. The number of pyridine rings is 1. The number of hydrogen-bond donors (Lipinski definition) is 0. The van der Waals surface area contributed by atoms with Crippen LogP contribution in [0.5, 0.6) is 0 Å². The number of aromatic nitrogens is 4. The van der Waals surface area contributed by atoms with E-state index in [2.05, 4.69) is 31.2 Å². The third-order valence-corrected chi connectivity index (χ3v) is 5.12. The molecule has 1 aromatic carbocycles. The number of rotatable bonds is 3. The van der Waals surface area contributed by atoms with Crippen LogP contribution in [0.3, 0.4) is 0 Å². The van der Waals surface area contributed by atoms with E-state index < -0.39 is 5.41 Å². The van der Waals surface area contributed by atoms with Crippen LogP contribution in [0.4, 0.5) is 0 Å². The summed E-state index contributed by atoms with van der Waals surface area (Å²) in [6.45, 7) is 0. The van der Waals surface area contributed by atoms with Crippen LogP contribution in [-0.4, -0.2) is 26.1 Å². The maximum absolute atomic E-state index is 13.0. The molecule has 2 heterocycles. The van der Waals surface area contributed by atoms with Gasteiger partial charge < -0.3 is 4.84 Å². The third kappa shape index (κ3) is 2.49. The van der Waals surface area contributed by atoms with Gasteiger partial charge in [-0.05, 0) is 52.7 Å². The highest BCUT2D eigenvalue weighted by Crippen LogP contribution is 2.42. The van der Waals surface area contributed by atoms with Crippen molar-refractivity contribution in [3.8, 4) is 0 Å². The van der Waals surface area contributed by atoms with E-state index in [1.807, 2.05) is 24.3 Å². The van der Waals surface area contributed by atoms with Crippen LogP contribution < -0.4 is 4.84 Å². The molecular weight excluding hydrogens is 372 g/mol. The number of fused-ring (bicyclic) bond motifs is 1. The van der Waals surface area contributed by atoms with Gasteiger partial charge in [0.05, 0.1) is 5.41 Å². The largest absolute Gasteiger partial charge is 0.345 e. The molecule has 0 spiro atoms. The number of halogens is 1. The van der Waals surface area contributed by atoms with E-state index >= 15 is 0 Å². The van der Waals surface area contributed by atoms with Crippen molar-refractivity contribution in [2.45, 2.75) is 31.1 Å². The van der Waals surface area contributed by atoms with Gasteiger partial charge in [0.15, 0.2) is 0 Å². The van der Waals surface area contributed by atoms with Crippen LogP contribution in [0.2, 0.25) is 0 Å². The maximum atomic E-state index is 13.0. The zero-order chi connectivity index (χ0) is 16.6.